The van der Waals surface area contributed by atoms with E-state index in [1.54, 1.807) is 0 Å². The summed E-state index contributed by atoms with van der Waals surface area (Å²) in [7, 11) is 1.89. The Kier molecular flexibility index (Phi) is 5.63. The first kappa shape index (κ1) is 19.1. The summed E-state index contributed by atoms with van der Waals surface area (Å²) < 4.78 is 1.81. The van der Waals surface area contributed by atoms with Crippen LogP contribution >= 0.6 is 0 Å². The molecule has 6 heteroatoms. The summed E-state index contributed by atoms with van der Waals surface area (Å²) in [6, 6.07) is 7.52. The van der Waals surface area contributed by atoms with Gasteiger partial charge < -0.3 is 10.2 Å². The quantitative estimate of drug-likeness (QED) is 0.882. The maximum absolute atomic E-state index is 12.6. The number of hydrogen-bond acceptors (Lipinski definition) is 3. The zero-order valence-electron chi connectivity index (χ0n) is 16.6. The molecule has 0 aliphatic carbocycles. The largest absolute Gasteiger partial charge is 0.352 e. The van der Waals surface area contributed by atoms with Gasteiger partial charge in [-0.05, 0) is 51.3 Å². The number of nitrogens with one attached hydrogen (secondary N) is 1. The minimum atomic E-state index is -0.255. The van der Waals surface area contributed by atoms with Crippen molar-refractivity contribution in [2.75, 3.05) is 13.1 Å². The van der Waals surface area contributed by atoms with E-state index in [2.05, 4.69) is 10.4 Å². The highest BCUT2D eigenvalue weighted by atomic mass is 16.2. The van der Waals surface area contributed by atoms with Crippen LogP contribution in [0.2, 0.25) is 0 Å². The highest BCUT2D eigenvalue weighted by Crippen LogP contribution is 2.23. The summed E-state index contributed by atoms with van der Waals surface area (Å²) in [5.41, 5.74) is 4.58. The molecule has 2 heterocycles. The van der Waals surface area contributed by atoms with Crippen LogP contribution in [0.25, 0.3) is 0 Å². The third-order valence-electron chi connectivity index (χ3n) is 5.45. The third kappa shape index (κ3) is 4.04. The van der Waals surface area contributed by atoms with Gasteiger partial charge >= 0.3 is 0 Å². The van der Waals surface area contributed by atoms with Gasteiger partial charge in [0.05, 0.1) is 11.6 Å². The Morgan fingerprint density at radius 3 is 2.33 bits per heavy atom. The minimum Gasteiger partial charge on any atom is -0.352 e. The van der Waals surface area contributed by atoms with Gasteiger partial charge in [-0.2, -0.15) is 5.10 Å². The van der Waals surface area contributed by atoms with Crippen LogP contribution in [0.5, 0.6) is 0 Å². The fourth-order valence-electron chi connectivity index (χ4n) is 3.76. The number of hydrogen-bond donors (Lipinski definition) is 1. The van der Waals surface area contributed by atoms with Gasteiger partial charge in [0.25, 0.3) is 5.91 Å². The highest BCUT2D eigenvalue weighted by Gasteiger charge is 2.22. The van der Waals surface area contributed by atoms with E-state index in [1.165, 1.54) is 0 Å². The molecule has 27 heavy (non-hydrogen) atoms. The van der Waals surface area contributed by atoms with E-state index in [9.17, 15) is 9.59 Å². The minimum absolute atomic E-state index is 0.0218. The lowest BCUT2D eigenvalue weighted by Gasteiger charge is -2.16. The van der Waals surface area contributed by atoms with Crippen molar-refractivity contribution in [3.05, 3.63) is 52.3 Å². The van der Waals surface area contributed by atoms with Crippen LogP contribution in [0.3, 0.4) is 0 Å². The molecule has 1 aliphatic heterocycles. The zero-order valence-corrected chi connectivity index (χ0v) is 16.6. The first-order valence-corrected chi connectivity index (χ1v) is 9.54. The summed E-state index contributed by atoms with van der Waals surface area (Å²) in [5, 5.41) is 7.39. The Morgan fingerprint density at radius 2 is 1.78 bits per heavy atom. The summed E-state index contributed by atoms with van der Waals surface area (Å²) in [5.74, 6) is -0.180. The molecule has 0 saturated carbocycles. The van der Waals surface area contributed by atoms with Crippen LogP contribution in [0.1, 0.15) is 58.6 Å². The van der Waals surface area contributed by atoms with Crippen LogP contribution in [0.4, 0.5) is 0 Å². The monoisotopic (exact) mass is 368 g/mol. The number of rotatable bonds is 5. The van der Waals surface area contributed by atoms with Crippen LogP contribution < -0.4 is 5.32 Å². The normalized spacial score (nSPS) is 15.0. The molecule has 0 radical (unpaired) electrons. The molecular weight excluding hydrogens is 340 g/mol. The van der Waals surface area contributed by atoms with Crippen LogP contribution in [0, 0.1) is 13.8 Å². The number of carbonyl (C=O) groups excluding carboxylic acids is 2. The zero-order chi connectivity index (χ0) is 19.6. The Balaban J connectivity index is 1.59. The molecule has 1 fully saturated rings. The number of nitrogens with zero attached hydrogens (tertiary/aromatic N) is 3. The van der Waals surface area contributed by atoms with Crippen molar-refractivity contribution in [3.63, 3.8) is 0 Å². The molecule has 1 atom stereocenters. The average molecular weight is 368 g/mol. The second-order valence-corrected chi connectivity index (χ2v) is 7.34. The third-order valence-corrected chi connectivity index (χ3v) is 5.45. The summed E-state index contributed by atoms with van der Waals surface area (Å²) in [6.45, 7) is 7.96. The van der Waals surface area contributed by atoms with Crippen LogP contribution in [0.15, 0.2) is 24.3 Å². The summed E-state index contributed by atoms with van der Waals surface area (Å²) >= 11 is 0. The molecule has 6 nitrogen and oxygen atoms in total. The van der Waals surface area contributed by atoms with Crippen LogP contribution in [-0.2, 0) is 18.4 Å². The van der Waals surface area contributed by atoms with Crippen LogP contribution in [-0.4, -0.2) is 39.6 Å². The molecule has 3 rings (SSSR count). The molecule has 1 saturated heterocycles. The molecule has 1 N–H and O–H groups in total. The number of amides is 2. The average Bonchev–Trinajstić information content (AvgIpc) is 3.28. The number of aryl methyl sites for hydroxylation is 2. The van der Waals surface area contributed by atoms with Crippen molar-refractivity contribution < 1.29 is 9.59 Å². The fraction of sp³-hybridized carbons (Fsp3) is 0.476. The summed E-state index contributed by atoms with van der Waals surface area (Å²) in [6.07, 6.45) is 2.17. The lowest BCUT2D eigenvalue weighted by atomic mass is 9.98. The molecule has 1 aromatic heterocycles. The standard InChI is InChI=1S/C21H28N4O2/c1-14(19-15(2)23-24(4)16(19)3)20(26)22-13-17-7-9-18(10-8-17)21(27)25-11-5-6-12-25/h7-10,14H,5-6,11-13H2,1-4H3,(H,22,26)/t14-/m1/s1. The maximum atomic E-state index is 12.6. The van der Waals surface area contributed by atoms with Gasteiger partial charge in [-0.25, -0.2) is 0 Å². The van der Waals surface area contributed by atoms with E-state index in [0.717, 1.165) is 48.4 Å². The molecule has 0 bridgehead atoms. The Hall–Kier alpha value is -2.63. The van der Waals surface area contributed by atoms with Gasteiger partial charge in [-0.3, -0.25) is 14.3 Å². The van der Waals surface area contributed by atoms with Gasteiger partial charge in [0, 0.05) is 43.5 Å². The lowest BCUT2D eigenvalue weighted by Crippen LogP contribution is -2.28. The molecule has 144 valence electrons. The lowest BCUT2D eigenvalue weighted by molar-refractivity contribution is -0.122. The second-order valence-electron chi connectivity index (χ2n) is 7.34. The van der Waals surface area contributed by atoms with E-state index < -0.39 is 0 Å². The van der Waals surface area contributed by atoms with E-state index in [-0.39, 0.29) is 17.7 Å². The Morgan fingerprint density at radius 1 is 1.15 bits per heavy atom. The highest BCUT2D eigenvalue weighted by molar-refractivity contribution is 5.94. The first-order valence-electron chi connectivity index (χ1n) is 9.54. The molecular formula is C21H28N4O2. The first-order chi connectivity index (χ1) is 12.9. The van der Waals surface area contributed by atoms with E-state index in [4.69, 9.17) is 0 Å². The second kappa shape index (κ2) is 7.94. The van der Waals surface area contributed by atoms with Gasteiger partial charge in [-0.1, -0.05) is 12.1 Å². The predicted molar refractivity (Wildman–Crippen MR) is 105 cm³/mol. The van der Waals surface area contributed by atoms with E-state index in [1.807, 2.05) is 61.7 Å². The van der Waals surface area contributed by atoms with Crippen molar-refractivity contribution in [3.8, 4) is 0 Å². The Labute approximate surface area is 160 Å². The van der Waals surface area contributed by atoms with E-state index in [0.29, 0.717) is 12.1 Å². The number of likely N-dealkylation sites (tertiary alicyclic amines) is 1. The molecule has 1 aliphatic rings. The Bertz CT molecular complexity index is 833. The predicted octanol–water partition coefficient (Wildman–Crippen LogP) is 2.69. The van der Waals surface area contributed by atoms with Gasteiger partial charge in [0.2, 0.25) is 5.91 Å². The molecule has 2 amide bonds. The SMILES string of the molecule is Cc1nn(C)c(C)c1[C@@H](C)C(=O)NCc1ccc(C(=O)N2CCCC2)cc1. The fourth-order valence-corrected chi connectivity index (χ4v) is 3.76. The summed E-state index contributed by atoms with van der Waals surface area (Å²) in [4.78, 5) is 26.9. The van der Waals surface area contributed by atoms with Crippen molar-refractivity contribution >= 4 is 11.8 Å². The smallest absolute Gasteiger partial charge is 0.253 e. The number of benzene rings is 1. The van der Waals surface area contributed by atoms with Crippen molar-refractivity contribution in [2.45, 2.75) is 46.1 Å². The maximum Gasteiger partial charge on any atom is 0.253 e. The van der Waals surface area contributed by atoms with Gasteiger partial charge in [0.1, 0.15) is 0 Å². The van der Waals surface area contributed by atoms with Gasteiger partial charge in [-0.15, -0.1) is 0 Å². The number of aromatic nitrogens is 2. The molecule has 0 unspecified atom stereocenters. The number of carbonyl (C=O) groups is 2. The van der Waals surface area contributed by atoms with Crippen molar-refractivity contribution in [1.29, 1.82) is 0 Å². The molecule has 0 spiro atoms. The molecule has 2 aromatic rings. The topological polar surface area (TPSA) is 67.2 Å². The molecule has 1 aromatic carbocycles. The van der Waals surface area contributed by atoms with Crippen molar-refractivity contribution in [1.82, 2.24) is 20.0 Å². The van der Waals surface area contributed by atoms with E-state index >= 15 is 0 Å². The van der Waals surface area contributed by atoms with Crippen molar-refractivity contribution in [2.24, 2.45) is 7.05 Å². The van der Waals surface area contributed by atoms with Gasteiger partial charge in [0.15, 0.2) is 0 Å².